The van der Waals surface area contributed by atoms with Crippen molar-refractivity contribution in [1.29, 1.82) is 0 Å². The van der Waals surface area contributed by atoms with Gasteiger partial charge in [0, 0.05) is 27.9 Å². The van der Waals surface area contributed by atoms with Crippen LogP contribution in [0.4, 0.5) is 0 Å². The van der Waals surface area contributed by atoms with E-state index in [1.807, 2.05) is 31.2 Å². The lowest BCUT2D eigenvalue weighted by molar-refractivity contribution is 0.0962. The summed E-state index contributed by atoms with van der Waals surface area (Å²) in [6, 6.07) is 7.30. The predicted molar refractivity (Wildman–Crippen MR) is 93.3 cm³/mol. The molecule has 0 bridgehead atoms. The summed E-state index contributed by atoms with van der Waals surface area (Å²) >= 11 is 1.54. The first-order valence-electron chi connectivity index (χ1n) is 6.82. The summed E-state index contributed by atoms with van der Waals surface area (Å²) in [4.78, 5) is 24.8. The number of nitrogens with one attached hydrogen (secondary N) is 1. The van der Waals surface area contributed by atoms with Crippen LogP contribution in [-0.2, 0) is 0 Å². The highest BCUT2D eigenvalue weighted by molar-refractivity contribution is 7.13. The van der Waals surface area contributed by atoms with E-state index in [0.717, 1.165) is 27.2 Å². The van der Waals surface area contributed by atoms with Crippen LogP contribution in [0.5, 0.6) is 0 Å². The lowest BCUT2D eigenvalue weighted by atomic mass is 10.0. The Labute approximate surface area is 134 Å². The molecule has 2 aromatic rings. The van der Waals surface area contributed by atoms with Gasteiger partial charge >= 0.3 is 0 Å². The molecule has 22 heavy (non-hydrogen) atoms. The van der Waals surface area contributed by atoms with Crippen LogP contribution in [0.2, 0.25) is 0 Å². The molecule has 0 aliphatic carbocycles. The molecule has 3 nitrogen and oxygen atoms in total. The van der Waals surface area contributed by atoms with Gasteiger partial charge in [-0.05, 0) is 18.6 Å². The first-order valence-corrected chi connectivity index (χ1v) is 7.63. The highest BCUT2D eigenvalue weighted by atomic mass is 32.1. The zero-order valence-electron chi connectivity index (χ0n) is 12.6. The third kappa shape index (κ3) is 3.23. The van der Waals surface area contributed by atoms with Crippen LogP contribution >= 0.6 is 11.3 Å². The van der Waals surface area contributed by atoms with Gasteiger partial charge in [0.25, 0.3) is 5.91 Å². The Morgan fingerprint density at radius 2 is 2.00 bits per heavy atom. The van der Waals surface area contributed by atoms with Crippen LogP contribution in [0.15, 0.2) is 30.8 Å². The normalized spacial score (nSPS) is 10.6. The van der Waals surface area contributed by atoms with E-state index in [4.69, 9.17) is 0 Å². The van der Waals surface area contributed by atoms with Gasteiger partial charge in [0.2, 0.25) is 0 Å². The van der Waals surface area contributed by atoms with Crippen molar-refractivity contribution in [1.82, 2.24) is 5.32 Å². The number of carbonyl (C=O) groups excluding carboxylic acids is 2. The van der Waals surface area contributed by atoms with E-state index >= 15 is 0 Å². The molecule has 1 aromatic carbocycles. The number of thiophene rings is 1. The summed E-state index contributed by atoms with van der Waals surface area (Å²) in [5, 5.41) is 2.67. The summed E-state index contributed by atoms with van der Waals surface area (Å²) in [7, 11) is 1.62. The molecule has 112 valence electrons. The van der Waals surface area contributed by atoms with Gasteiger partial charge in [-0.2, -0.15) is 0 Å². The van der Waals surface area contributed by atoms with Crippen molar-refractivity contribution in [2.24, 2.45) is 0 Å². The number of amides is 1. The molecule has 0 saturated heterocycles. The van der Waals surface area contributed by atoms with Gasteiger partial charge < -0.3 is 5.32 Å². The van der Waals surface area contributed by atoms with Crippen molar-refractivity contribution in [2.45, 2.75) is 6.92 Å². The van der Waals surface area contributed by atoms with Gasteiger partial charge in [-0.1, -0.05) is 43.0 Å². The Bertz CT molecular complexity index is 756. The lowest BCUT2D eigenvalue weighted by Gasteiger charge is -2.02. The highest BCUT2D eigenvalue weighted by Crippen LogP contribution is 2.30. The maximum atomic E-state index is 12.1. The maximum absolute atomic E-state index is 12.1. The van der Waals surface area contributed by atoms with Crippen LogP contribution < -0.4 is 5.32 Å². The molecule has 0 unspecified atom stereocenters. The van der Waals surface area contributed by atoms with Crippen LogP contribution in [-0.4, -0.2) is 19.2 Å². The molecule has 1 heterocycles. The van der Waals surface area contributed by atoms with Crippen LogP contribution in [0.25, 0.3) is 18.2 Å². The Hall–Kier alpha value is -2.46. The third-order valence-corrected chi connectivity index (χ3v) is 4.40. The Balaban J connectivity index is 2.47. The summed E-state index contributed by atoms with van der Waals surface area (Å²) in [5.41, 5.74) is 3.06. The summed E-state index contributed by atoms with van der Waals surface area (Å²) in [6.07, 6.45) is 6.37. The van der Waals surface area contributed by atoms with E-state index in [1.165, 1.54) is 0 Å². The molecule has 0 fully saturated rings. The monoisotopic (exact) mass is 311 g/mol. The Morgan fingerprint density at radius 1 is 1.27 bits per heavy atom. The maximum Gasteiger partial charge on any atom is 0.252 e. The second-order valence-corrected chi connectivity index (χ2v) is 5.97. The molecule has 2 rings (SSSR count). The Morgan fingerprint density at radius 3 is 2.64 bits per heavy atom. The zero-order chi connectivity index (χ0) is 16.1. The SMILES string of the molecule is C=Cc1sc(C)c(C(=O)NC)c1/C=C/c1cccc(C=O)c1. The van der Waals surface area contributed by atoms with E-state index in [1.54, 1.807) is 36.6 Å². The molecule has 0 aliphatic rings. The second-order valence-electron chi connectivity index (χ2n) is 4.72. The lowest BCUT2D eigenvalue weighted by Crippen LogP contribution is -2.18. The predicted octanol–water partition coefficient (Wildman–Crippen LogP) is 4.04. The van der Waals surface area contributed by atoms with E-state index < -0.39 is 0 Å². The smallest absolute Gasteiger partial charge is 0.252 e. The first kappa shape index (κ1) is 15.9. The quantitative estimate of drug-likeness (QED) is 0.847. The fourth-order valence-corrected chi connectivity index (χ4v) is 3.22. The minimum absolute atomic E-state index is 0.108. The molecule has 0 spiro atoms. The van der Waals surface area contributed by atoms with E-state index in [0.29, 0.717) is 11.1 Å². The van der Waals surface area contributed by atoms with Gasteiger partial charge in [-0.25, -0.2) is 0 Å². The number of aldehydes is 1. The van der Waals surface area contributed by atoms with Crippen molar-refractivity contribution in [3.8, 4) is 0 Å². The molecule has 1 N–H and O–H groups in total. The van der Waals surface area contributed by atoms with Crippen LogP contribution in [0.3, 0.4) is 0 Å². The average molecular weight is 311 g/mol. The van der Waals surface area contributed by atoms with Crippen LogP contribution in [0.1, 0.15) is 41.6 Å². The van der Waals surface area contributed by atoms with Crippen molar-refractivity contribution in [3.63, 3.8) is 0 Å². The second kappa shape index (κ2) is 7.00. The van der Waals surface area contributed by atoms with Gasteiger partial charge in [0.05, 0.1) is 5.56 Å². The number of hydrogen-bond donors (Lipinski definition) is 1. The standard InChI is InChI=1S/C18H17NO2S/c1-4-16-15(17(12(2)22-16)18(21)19-3)9-8-13-6-5-7-14(10-13)11-20/h4-11H,1H2,2-3H3,(H,19,21)/b9-8+. The van der Waals surface area contributed by atoms with Gasteiger partial charge in [0.1, 0.15) is 6.29 Å². The average Bonchev–Trinajstić information content (AvgIpc) is 2.88. The number of aryl methyl sites for hydroxylation is 1. The molecular formula is C18H17NO2S. The van der Waals surface area contributed by atoms with Gasteiger partial charge in [-0.3, -0.25) is 9.59 Å². The van der Waals surface area contributed by atoms with Gasteiger partial charge in [0.15, 0.2) is 0 Å². The third-order valence-electron chi connectivity index (χ3n) is 3.28. The van der Waals surface area contributed by atoms with Crippen molar-refractivity contribution < 1.29 is 9.59 Å². The fraction of sp³-hybridized carbons (Fsp3) is 0.111. The number of benzene rings is 1. The topological polar surface area (TPSA) is 46.2 Å². The van der Waals surface area contributed by atoms with Crippen molar-refractivity contribution in [2.75, 3.05) is 7.05 Å². The largest absolute Gasteiger partial charge is 0.355 e. The molecule has 0 atom stereocenters. The number of carbonyl (C=O) groups is 2. The molecular weight excluding hydrogens is 294 g/mol. The summed E-state index contributed by atoms with van der Waals surface area (Å²) in [5.74, 6) is -0.108. The highest BCUT2D eigenvalue weighted by Gasteiger charge is 2.17. The first-order chi connectivity index (χ1) is 10.6. The number of hydrogen-bond acceptors (Lipinski definition) is 3. The zero-order valence-corrected chi connectivity index (χ0v) is 13.4. The van der Waals surface area contributed by atoms with Crippen LogP contribution in [0, 0.1) is 6.92 Å². The Kier molecular flexibility index (Phi) is 5.07. The molecule has 1 aromatic heterocycles. The van der Waals surface area contributed by atoms with E-state index in [2.05, 4.69) is 11.9 Å². The molecule has 0 saturated carbocycles. The molecule has 0 radical (unpaired) electrons. The van der Waals surface area contributed by atoms with E-state index in [-0.39, 0.29) is 5.91 Å². The molecule has 4 heteroatoms. The minimum atomic E-state index is -0.108. The van der Waals surface area contributed by atoms with E-state index in [9.17, 15) is 9.59 Å². The number of rotatable bonds is 5. The van der Waals surface area contributed by atoms with Crippen molar-refractivity contribution >= 4 is 41.8 Å². The van der Waals surface area contributed by atoms with Gasteiger partial charge in [-0.15, -0.1) is 11.3 Å². The minimum Gasteiger partial charge on any atom is -0.355 e. The summed E-state index contributed by atoms with van der Waals surface area (Å²) < 4.78 is 0. The fourth-order valence-electron chi connectivity index (χ4n) is 2.22. The molecule has 1 amide bonds. The van der Waals surface area contributed by atoms with Crippen molar-refractivity contribution in [3.05, 3.63) is 62.9 Å². The molecule has 0 aliphatic heterocycles. The summed E-state index contributed by atoms with van der Waals surface area (Å²) in [6.45, 7) is 5.74.